The molecular formula is C10H16N4O2. The van der Waals surface area contributed by atoms with E-state index in [9.17, 15) is 4.79 Å². The van der Waals surface area contributed by atoms with Gasteiger partial charge in [0.05, 0.1) is 6.10 Å². The molecule has 1 N–H and O–H groups in total. The molecular weight excluding hydrogens is 208 g/mol. The summed E-state index contributed by atoms with van der Waals surface area (Å²) in [7, 11) is 0. The van der Waals surface area contributed by atoms with E-state index in [4.69, 9.17) is 4.74 Å². The van der Waals surface area contributed by atoms with Gasteiger partial charge in [0.15, 0.2) is 0 Å². The molecule has 2 heterocycles. The summed E-state index contributed by atoms with van der Waals surface area (Å²) >= 11 is 0. The number of nitrogens with zero attached hydrogens (tertiary/aromatic N) is 3. The first-order valence-corrected chi connectivity index (χ1v) is 5.51. The largest absolute Gasteiger partial charge is 0.376 e. The highest BCUT2D eigenvalue weighted by Crippen LogP contribution is 2.11. The van der Waals surface area contributed by atoms with Crippen molar-refractivity contribution in [2.45, 2.75) is 31.9 Å². The molecule has 1 fully saturated rings. The standard InChI is InChI=1S/C10H16N4O2/c1-8(14-7-11-6-13-14)10(15)12-5-9-3-2-4-16-9/h6-9H,2-5H2,1H3,(H,12,15)/t8-,9+/m0/s1. The quantitative estimate of drug-likeness (QED) is 0.789. The van der Waals surface area contributed by atoms with Crippen molar-refractivity contribution in [1.82, 2.24) is 20.1 Å². The summed E-state index contributed by atoms with van der Waals surface area (Å²) in [5.74, 6) is -0.0546. The Hall–Kier alpha value is -1.43. The zero-order chi connectivity index (χ0) is 11.4. The first-order chi connectivity index (χ1) is 7.77. The molecule has 1 amide bonds. The molecule has 1 aromatic rings. The van der Waals surface area contributed by atoms with E-state index >= 15 is 0 Å². The van der Waals surface area contributed by atoms with E-state index < -0.39 is 0 Å². The minimum absolute atomic E-state index is 0.0546. The first kappa shape index (κ1) is 11.1. The normalized spacial score (nSPS) is 21.9. The molecule has 0 aromatic carbocycles. The van der Waals surface area contributed by atoms with Crippen LogP contribution in [0.15, 0.2) is 12.7 Å². The monoisotopic (exact) mass is 224 g/mol. The number of carbonyl (C=O) groups excluding carboxylic acids is 1. The van der Waals surface area contributed by atoms with Crippen molar-refractivity contribution < 1.29 is 9.53 Å². The maximum absolute atomic E-state index is 11.7. The minimum atomic E-state index is -0.330. The SMILES string of the molecule is C[C@@H](C(=O)NC[C@H]1CCCO1)n1cncn1. The second kappa shape index (κ2) is 5.07. The van der Waals surface area contributed by atoms with Crippen molar-refractivity contribution in [2.75, 3.05) is 13.2 Å². The molecule has 1 saturated heterocycles. The van der Waals surface area contributed by atoms with E-state index in [1.165, 1.54) is 17.3 Å². The summed E-state index contributed by atoms with van der Waals surface area (Å²) in [5, 5.41) is 6.79. The van der Waals surface area contributed by atoms with Crippen LogP contribution in [0.4, 0.5) is 0 Å². The van der Waals surface area contributed by atoms with Gasteiger partial charge in [-0.15, -0.1) is 0 Å². The van der Waals surface area contributed by atoms with Crippen molar-refractivity contribution in [2.24, 2.45) is 0 Å². The molecule has 2 atom stereocenters. The third-order valence-corrected chi connectivity index (χ3v) is 2.74. The molecule has 2 rings (SSSR count). The molecule has 16 heavy (non-hydrogen) atoms. The van der Waals surface area contributed by atoms with Gasteiger partial charge in [-0.05, 0) is 19.8 Å². The number of hydrogen-bond donors (Lipinski definition) is 1. The first-order valence-electron chi connectivity index (χ1n) is 5.51. The van der Waals surface area contributed by atoms with Gasteiger partial charge in [0.25, 0.3) is 0 Å². The minimum Gasteiger partial charge on any atom is -0.376 e. The van der Waals surface area contributed by atoms with Crippen molar-refractivity contribution in [3.8, 4) is 0 Å². The Morgan fingerprint density at radius 3 is 3.25 bits per heavy atom. The fraction of sp³-hybridized carbons (Fsp3) is 0.700. The van der Waals surface area contributed by atoms with Gasteiger partial charge in [0.1, 0.15) is 18.7 Å². The Bertz CT molecular complexity index is 333. The smallest absolute Gasteiger partial charge is 0.244 e. The molecule has 6 heteroatoms. The van der Waals surface area contributed by atoms with Gasteiger partial charge in [-0.25, -0.2) is 9.67 Å². The van der Waals surface area contributed by atoms with Gasteiger partial charge in [-0.3, -0.25) is 4.79 Å². The summed E-state index contributed by atoms with van der Waals surface area (Å²) in [6, 6.07) is -0.330. The predicted octanol–water partition coefficient (Wildman–Crippen LogP) is 0.134. The van der Waals surface area contributed by atoms with Gasteiger partial charge >= 0.3 is 0 Å². The molecule has 0 aliphatic carbocycles. The maximum atomic E-state index is 11.7. The zero-order valence-electron chi connectivity index (χ0n) is 9.30. The van der Waals surface area contributed by atoms with Crippen LogP contribution >= 0.6 is 0 Å². The molecule has 1 aromatic heterocycles. The second-order valence-electron chi connectivity index (χ2n) is 3.93. The van der Waals surface area contributed by atoms with Crippen molar-refractivity contribution in [3.63, 3.8) is 0 Å². The summed E-state index contributed by atoms with van der Waals surface area (Å²) in [6.07, 6.45) is 5.24. The van der Waals surface area contributed by atoms with Gasteiger partial charge in [0, 0.05) is 13.2 Å². The van der Waals surface area contributed by atoms with E-state index in [1.807, 2.05) is 0 Å². The van der Waals surface area contributed by atoms with Crippen LogP contribution in [0.5, 0.6) is 0 Å². The number of amides is 1. The lowest BCUT2D eigenvalue weighted by Gasteiger charge is -2.14. The van der Waals surface area contributed by atoms with Crippen LogP contribution in [-0.2, 0) is 9.53 Å². The predicted molar refractivity (Wildman–Crippen MR) is 56.7 cm³/mol. The van der Waals surface area contributed by atoms with E-state index in [-0.39, 0.29) is 18.1 Å². The molecule has 1 aliphatic heterocycles. The van der Waals surface area contributed by atoms with Gasteiger partial charge in [-0.1, -0.05) is 0 Å². The fourth-order valence-electron chi connectivity index (χ4n) is 1.70. The van der Waals surface area contributed by atoms with Crippen molar-refractivity contribution >= 4 is 5.91 Å². The topological polar surface area (TPSA) is 69.0 Å². The molecule has 0 spiro atoms. The van der Waals surface area contributed by atoms with Crippen LogP contribution in [0.1, 0.15) is 25.8 Å². The summed E-state index contributed by atoms with van der Waals surface area (Å²) in [5.41, 5.74) is 0. The van der Waals surface area contributed by atoms with Crippen LogP contribution < -0.4 is 5.32 Å². The third-order valence-electron chi connectivity index (χ3n) is 2.74. The Labute approximate surface area is 94.0 Å². The van der Waals surface area contributed by atoms with Crippen LogP contribution in [0.25, 0.3) is 0 Å². The average molecular weight is 224 g/mol. The average Bonchev–Trinajstić information content (AvgIpc) is 2.96. The summed E-state index contributed by atoms with van der Waals surface area (Å²) < 4.78 is 6.96. The summed E-state index contributed by atoms with van der Waals surface area (Å²) in [4.78, 5) is 15.6. The molecule has 0 unspecified atom stereocenters. The summed E-state index contributed by atoms with van der Waals surface area (Å²) in [6.45, 7) is 3.18. The molecule has 0 radical (unpaired) electrons. The molecule has 6 nitrogen and oxygen atoms in total. The molecule has 0 bridgehead atoms. The Balaban J connectivity index is 1.79. The highest BCUT2D eigenvalue weighted by molar-refractivity contribution is 5.79. The van der Waals surface area contributed by atoms with E-state index in [1.54, 1.807) is 6.92 Å². The van der Waals surface area contributed by atoms with Crippen LogP contribution in [-0.4, -0.2) is 39.9 Å². The lowest BCUT2D eigenvalue weighted by molar-refractivity contribution is -0.124. The van der Waals surface area contributed by atoms with E-state index in [2.05, 4.69) is 15.4 Å². The Morgan fingerprint density at radius 1 is 1.75 bits per heavy atom. The lowest BCUT2D eigenvalue weighted by Crippen LogP contribution is -2.36. The number of ether oxygens (including phenoxy) is 1. The zero-order valence-corrected chi connectivity index (χ0v) is 9.30. The highest BCUT2D eigenvalue weighted by Gasteiger charge is 2.19. The van der Waals surface area contributed by atoms with E-state index in [0.29, 0.717) is 6.54 Å². The Morgan fingerprint density at radius 2 is 2.62 bits per heavy atom. The molecule has 88 valence electrons. The number of aromatic nitrogens is 3. The number of nitrogens with one attached hydrogen (secondary N) is 1. The van der Waals surface area contributed by atoms with Gasteiger partial charge in [-0.2, -0.15) is 5.10 Å². The van der Waals surface area contributed by atoms with Gasteiger partial charge in [0.2, 0.25) is 5.91 Å². The number of carbonyl (C=O) groups is 1. The number of rotatable bonds is 4. The third kappa shape index (κ3) is 2.57. The van der Waals surface area contributed by atoms with Crippen LogP contribution in [0, 0.1) is 0 Å². The molecule has 0 saturated carbocycles. The molecule has 1 aliphatic rings. The maximum Gasteiger partial charge on any atom is 0.244 e. The van der Waals surface area contributed by atoms with Gasteiger partial charge < -0.3 is 10.1 Å². The fourth-order valence-corrected chi connectivity index (χ4v) is 1.70. The Kier molecular flexibility index (Phi) is 3.51. The van der Waals surface area contributed by atoms with Crippen LogP contribution in [0.3, 0.4) is 0 Å². The van der Waals surface area contributed by atoms with Crippen molar-refractivity contribution in [1.29, 1.82) is 0 Å². The lowest BCUT2D eigenvalue weighted by atomic mass is 10.2. The van der Waals surface area contributed by atoms with Crippen molar-refractivity contribution in [3.05, 3.63) is 12.7 Å². The van der Waals surface area contributed by atoms with E-state index in [0.717, 1.165) is 19.4 Å². The second-order valence-corrected chi connectivity index (χ2v) is 3.93. The highest BCUT2D eigenvalue weighted by atomic mass is 16.5. The number of hydrogen-bond acceptors (Lipinski definition) is 4. The van der Waals surface area contributed by atoms with Crippen LogP contribution in [0.2, 0.25) is 0 Å².